The highest BCUT2D eigenvalue weighted by Gasteiger charge is 2.37. The van der Waals surface area contributed by atoms with Crippen LogP contribution in [0.2, 0.25) is 0 Å². The summed E-state index contributed by atoms with van der Waals surface area (Å²) in [6.07, 6.45) is 3.32. The van der Waals surface area contributed by atoms with E-state index < -0.39 is 125 Å². The minimum Gasteiger partial charge on any atom is -0.508 e. The molecule has 2 rings (SSSR count). The average molecular weight is 1220 g/mol. The van der Waals surface area contributed by atoms with E-state index in [9.17, 15) is 63.0 Å². The van der Waals surface area contributed by atoms with Gasteiger partial charge in [-0.25, -0.2) is 4.79 Å². The first-order valence-electron chi connectivity index (χ1n) is 29.9. The number of amides is 10. The van der Waals surface area contributed by atoms with Gasteiger partial charge in [0.1, 0.15) is 60.1 Å². The van der Waals surface area contributed by atoms with Gasteiger partial charge in [-0.3, -0.25) is 47.9 Å². The fraction of sp³-hybridized carbons (Fsp3) is 0.707. The number of aromatic hydroxyl groups is 1. The topological polar surface area (TPSA) is 427 Å². The zero-order chi connectivity index (χ0) is 63.9. The van der Waals surface area contributed by atoms with E-state index in [1.807, 2.05) is 27.7 Å². The molecule has 480 valence electrons. The molecule has 1 saturated heterocycles. The highest BCUT2D eigenvalue weighted by molar-refractivity contribution is 7.80. The van der Waals surface area contributed by atoms with Crippen molar-refractivity contribution in [2.45, 2.75) is 212 Å². The van der Waals surface area contributed by atoms with Crippen molar-refractivity contribution in [1.29, 1.82) is 0 Å². The predicted molar refractivity (Wildman–Crippen MR) is 324 cm³/mol. The molecule has 0 aromatic heterocycles. The minimum absolute atomic E-state index is 0.00903. The number of unbranched alkanes of at least 4 members (excludes halogenated alkanes) is 2. The van der Waals surface area contributed by atoms with E-state index in [2.05, 4.69) is 65.8 Å². The third-order valence-electron chi connectivity index (χ3n) is 14.5. The van der Waals surface area contributed by atoms with Crippen LogP contribution in [0.1, 0.15) is 151 Å². The Balaban J connectivity index is 2.49. The predicted octanol–water partition coefficient (Wildman–Crippen LogP) is -0.228. The van der Waals surface area contributed by atoms with Crippen LogP contribution in [0.25, 0.3) is 0 Å². The molecule has 1 aromatic carbocycles. The Labute approximate surface area is 505 Å². The lowest BCUT2D eigenvalue weighted by Gasteiger charge is -2.29. The molecule has 85 heavy (non-hydrogen) atoms. The van der Waals surface area contributed by atoms with Crippen molar-refractivity contribution in [1.82, 2.24) is 53.2 Å². The molecule has 0 saturated carbocycles. The summed E-state index contributed by atoms with van der Waals surface area (Å²) in [5.41, 5.74) is 17.5. The van der Waals surface area contributed by atoms with Crippen molar-refractivity contribution >= 4 is 77.7 Å². The van der Waals surface area contributed by atoms with Crippen LogP contribution in [0, 0.1) is 23.7 Å². The number of benzene rings is 1. The van der Waals surface area contributed by atoms with Crippen LogP contribution in [0.5, 0.6) is 5.75 Å². The second kappa shape index (κ2) is 39.2. The number of primary amides is 1. The summed E-state index contributed by atoms with van der Waals surface area (Å²) in [6.45, 7) is 15.7. The van der Waals surface area contributed by atoms with Crippen molar-refractivity contribution < 1.29 is 63.0 Å². The molecule has 10 amide bonds. The van der Waals surface area contributed by atoms with E-state index in [-0.39, 0.29) is 93.2 Å². The molecule has 0 aliphatic carbocycles. The monoisotopic (exact) mass is 1220 g/mol. The Morgan fingerprint density at radius 2 is 0.941 bits per heavy atom. The lowest BCUT2D eigenvalue weighted by atomic mass is 9.98. The molecule has 26 nitrogen and oxygen atoms in total. The first kappa shape index (κ1) is 74.5. The fourth-order valence-corrected chi connectivity index (χ4v) is 9.74. The third-order valence-corrected chi connectivity index (χ3v) is 14.8. The summed E-state index contributed by atoms with van der Waals surface area (Å²) < 4.78 is 0. The van der Waals surface area contributed by atoms with Crippen molar-refractivity contribution in [3.8, 4) is 5.75 Å². The largest absolute Gasteiger partial charge is 0.508 e. The second-order valence-electron chi connectivity index (χ2n) is 23.4. The lowest BCUT2D eigenvalue weighted by Crippen LogP contribution is -2.61. The Bertz CT molecular complexity index is 2340. The van der Waals surface area contributed by atoms with Crippen molar-refractivity contribution in [2.24, 2.45) is 40.9 Å². The molecule has 1 aliphatic heterocycles. The fourth-order valence-electron chi connectivity index (χ4n) is 9.48. The molecule has 1 fully saturated rings. The van der Waals surface area contributed by atoms with Gasteiger partial charge < -0.3 is 80.6 Å². The van der Waals surface area contributed by atoms with Crippen LogP contribution in [0.4, 0.5) is 0 Å². The van der Waals surface area contributed by atoms with E-state index in [0.29, 0.717) is 57.1 Å². The van der Waals surface area contributed by atoms with Gasteiger partial charge in [0.05, 0.1) is 6.04 Å². The zero-order valence-electron chi connectivity index (χ0n) is 50.9. The minimum atomic E-state index is -1.48. The number of phenols is 1. The number of carbonyl (C=O) groups excluding carboxylic acids is 10. The molecule has 0 radical (unpaired) electrons. The average Bonchev–Trinajstić information content (AvgIpc) is 4.13. The van der Waals surface area contributed by atoms with E-state index in [1.54, 1.807) is 27.7 Å². The number of rotatable bonds is 41. The Hall–Kier alpha value is -6.58. The van der Waals surface area contributed by atoms with Crippen LogP contribution in [0.3, 0.4) is 0 Å². The highest BCUT2D eigenvalue weighted by Crippen LogP contribution is 2.17. The summed E-state index contributed by atoms with van der Waals surface area (Å²) in [6, 6.07) is -6.33. The van der Waals surface area contributed by atoms with Gasteiger partial charge in [0.2, 0.25) is 59.1 Å². The van der Waals surface area contributed by atoms with E-state index in [4.69, 9.17) is 17.2 Å². The normalized spacial score (nSPS) is 16.7. The number of hydrogen-bond acceptors (Lipinski definition) is 16. The molecule has 0 spiro atoms. The number of phenolic OH excluding ortho intramolecular Hbond substituents is 1. The molecule has 0 bridgehead atoms. The number of carboxylic acid groups (broad SMARTS) is 1. The summed E-state index contributed by atoms with van der Waals surface area (Å²) in [7, 11) is 0. The van der Waals surface area contributed by atoms with Gasteiger partial charge >= 0.3 is 5.97 Å². The first-order valence-corrected chi connectivity index (χ1v) is 30.5. The number of carbonyl (C=O) groups is 11. The van der Waals surface area contributed by atoms with Gasteiger partial charge in [-0.05, 0) is 138 Å². The number of carboxylic acids is 1. The van der Waals surface area contributed by atoms with Gasteiger partial charge in [0, 0.05) is 18.6 Å². The molecule has 0 unspecified atom stereocenters. The maximum absolute atomic E-state index is 14.5. The maximum atomic E-state index is 14.5. The summed E-state index contributed by atoms with van der Waals surface area (Å²) in [5.74, 6) is -10.0. The SMILES string of the molecule is CC[C@H](C)[C@H](NC(=O)[C@H](CCC(N)=O)NC(=O)[C@H](CS)NC(=O)[C@H](Cc1ccc(O)cc1)NC(=O)[C@H](CC(C)C)NC(=O)[C@H](CCCCN)NC(=O)[C@H](CCCCN)NC(=O)[C@H](CC(C)C)NC(=O)[C@H](CC(C)C)NC(=O)[C@@H]1CCCN1)C(=O)O. The van der Waals surface area contributed by atoms with Crippen LogP contribution < -0.4 is 70.4 Å². The zero-order valence-corrected chi connectivity index (χ0v) is 51.8. The molecule has 27 heteroatoms. The smallest absolute Gasteiger partial charge is 0.326 e. The van der Waals surface area contributed by atoms with Gasteiger partial charge in [0.25, 0.3) is 0 Å². The number of aliphatic carboxylic acids is 1. The van der Waals surface area contributed by atoms with Gasteiger partial charge in [-0.15, -0.1) is 0 Å². The van der Waals surface area contributed by atoms with Gasteiger partial charge in [-0.1, -0.05) is 73.9 Å². The standard InChI is InChI=1S/C58H99N13O13S/c1-9-35(8)48(58(83)84)71-52(77)41(22-23-47(61)73)65-57(82)46(31-85)70-56(81)45(30-36-18-20-37(72)21-19-36)69-55(80)44(29-34(6)7)67-51(76)40(16-11-13-25-60)63-50(75)39(15-10-12-24-59)64-53(78)42(27-32(2)3)68-54(79)43(28-33(4)5)66-49(74)38-17-14-26-62-38/h18-21,32-35,38-46,48,62,72,85H,9-17,22-31,59-60H2,1-8H3,(H2,61,73)(H,63,75)(H,64,78)(H,65,82)(H,66,74)(H,67,76)(H,68,79)(H,69,80)(H,70,81)(H,71,77)(H,83,84)/t35-,38-,39-,40-,41-,42-,43-,44-,45-,46-,48-/m0/s1. The van der Waals surface area contributed by atoms with Crippen LogP contribution in [0.15, 0.2) is 24.3 Å². The summed E-state index contributed by atoms with van der Waals surface area (Å²) >= 11 is 4.28. The summed E-state index contributed by atoms with van der Waals surface area (Å²) in [4.78, 5) is 150. The molecular weight excluding hydrogens is 1120 g/mol. The second-order valence-corrected chi connectivity index (χ2v) is 23.7. The van der Waals surface area contributed by atoms with E-state index >= 15 is 0 Å². The molecule has 18 N–H and O–H groups in total. The third kappa shape index (κ3) is 28.0. The quantitative estimate of drug-likeness (QED) is 0.0298. The number of nitrogens with one attached hydrogen (secondary N) is 10. The number of hydrogen-bond donors (Lipinski definition) is 16. The maximum Gasteiger partial charge on any atom is 0.326 e. The van der Waals surface area contributed by atoms with Crippen molar-refractivity contribution in [3.05, 3.63) is 29.8 Å². The lowest BCUT2D eigenvalue weighted by molar-refractivity contribution is -0.144. The van der Waals surface area contributed by atoms with E-state index in [0.717, 1.165) is 6.42 Å². The summed E-state index contributed by atoms with van der Waals surface area (Å²) in [5, 5.41) is 47.2. The Morgan fingerprint density at radius 3 is 1.34 bits per heavy atom. The molecule has 1 heterocycles. The first-order chi connectivity index (χ1) is 40.1. The van der Waals surface area contributed by atoms with Crippen molar-refractivity contribution in [3.63, 3.8) is 0 Å². The highest BCUT2D eigenvalue weighted by atomic mass is 32.1. The number of nitrogens with two attached hydrogens (primary N) is 3. The van der Waals surface area contributed by atoms with Crippen LogP contribution in [-0.4, -0.2) is 161 Å². The molecule has 11 atom stereocenters. The van der Waals surface area contributed by atoms with Crippen LogP contribution >= 0.6 is 12.6 Å². The van der Waals surface area contributed by atoms with E-state index in [1.165, 1.54) is 24.3 Å². The Morgan fingerprint density at radius 1 is 0.553 bits per heavy atom. The molecular formula is C58H99N13O13S. The van der Waals surface area contributed by atoms with Crippen molar-refractivity contribution in [2.75, 3.05) is 25.4 Å². The Kier molecular flexibility index (Phi) is 34.4. The molecule has 1 aliphatic rings. The number of thiol groups is 1. The van der Waals surface area contributed by atoms with Gasteiger partial charge in [0.15, 0.2) is 0 Å². The van der Waals surface area contributed by atoms with Crippen LogP contribution in [-0.2, 0) is 59.2 Å². The van der Waals surface area contributed by atoms with Gasteiger partial charge in [-0.2, -0.15) is 12.6 Å². The molecule has 1 aromatic rings.